The predicted octanol–water partition coefficient (Wildman–Crippen LogP) is 3.93. The number of hydrogen-bond acceptors (Lipinski definition) is 5. The lowest BCUT2D eigenvalue weighted by Gasteiger charge is -2.47. The highest BCUT2D eigenvalue weighted by Crippen LogP contribution is 2.45. The number of benzene rings is 1. The molecule has 7 heteroatoms. The number of rotatable bonds is 5. The maximum Gasteiger partial charge on any atom is 0.293 e. The Morgan fingerprint density at radius 1 is 1.18 bits per heavy atom. The zero-order chi connectivity index (χ0) is 19.8. The third kappa shape index (κ3) is 3.42. The molecule has 4 rings (SSSR count). The molecule has 7 nitrogen and oxygen atoms in total. The van der Waals surface area contributed by atoms with Crippen LogP contribution in [0.1, 0.15) is 62.2 Å². The van der Waals surface area contributed by atoms with E-state index in [1.54, 1.807) is 13.1 Å². The Hall–Kier alpha value is -2.31. The number of fused-ring (bicyclic) bond motifs is 1. The molecule has 1 heterocycles. The van der Waals surface area contributed by atoms with Crippen LogP contribution in [-0.2, 0) is 0 Å². The van der Waals surface area contributed by atoms with Crippen LogP contribution in [0, 0.1) is 22.0 Å². The molecule has 3 aliphatic rings. The summed E-state index contributed by atoms with van der Waals surface area (Å²) in [5.41, 5.74) is 1.69. The lowest BCUT2D eigenvalue weighted by molar-refractivity contribution is -0.384. The van der Waals surface area contributed by atoms with E-state index in [0.717, 1.165) is 44.3 Å². The molecule has 2 N–H and O–H groups in total. The van der Waals surface area contributed by atoms with Crippen molar-refractivity contribution < 1.29 is 9.72 Å². The van der Waals surface area contributed by atoms with Gasteiger partial charge in [0.05, 0.1) is 16.2 Å². The van der Waals surface area contributed by atoms with Crippen LogP contribution in [0.4, 0.5) is 17.1 Å². The van der Waals surface area contributed by atoms with Gasteiger partial charge in [-0.25, -0.2) is 0 Å². The van der Waals surface area contributed by atoms with E-state index >= 15 is 0 Å². The smallest absolute Gasteiger partial charge is 0.293 e. The molecule has 2 aliphatic carbocycles. The van der Waals surface area contributed by atoms with E-state index in [1.807, 2.05) is 0 Å². The van der Waals surface area contributed by atoms with Crippen LogP contribution < -0.4 is 15.5 Å². The second kappa shape index (κ2) is 7.60. The van der Waals surface area contributed by atoms with Crippen LogP contribution in [0.3, 0.4) is 0 Å². The Bertz CT molecular complexity index is 773. The molecule has 0 bridgehead atoms. The van der Waals surface area contributed by atoms with Crippen molar-refractivity contribution in [1.82, 2.24) is 5.32 Å². The Morgan fingerprint density at radius 2 is 1.93 bits per heavy atom. The molecule has 152 valence electrons. The number of nitrogens with zero attached hydrogens (tertiary/aromatic N) is 2. The zero-order valence-electron chi connectivity index (χ0n) is 16.7. The van der Waals surface area contributed by atoms with E-state index in [1.165, 1.54) is 18.9 Å². The Kier molecular flexibility index (Phi) is 5.17. The summed E-state index contributed by atoms with van der Waals surface area (Å²) in [6, 6.07) is 3.89. The number of hydrogen-bond donors (Lipinski definition) is 2. The van der Waals surface area contributed by atoms with Gasteiger partial charge in [0.25, 0.3) is 11.6 Å². The number of carbonyl (C=O) groups is 1. The molecule has 1 aromatic rings. The quantitative estimate of drug-likeness (QED) is 0.591. The topological polar surface area (TPSA) is 87.5 Å². The number of amides is 1. The fourth-order valence-electron chi connectivity index (χ4n) is 5.18. The van der Waals surface area contributed by atoms with Gasteiger partial charge in [-0.05, 0) is 56.4 Å². The first kappa shape index (κ1) is 19.0. The zero-order valence-corrected chi connectivity index (χ0v) is 16.7. The van der Waals surface area contributed by atoms with Crippen molar-refractivity contribution in [3.05, 3.63) is 27.8 Å². The minimum Gasteiger partial charge on any atom is -0.383 e. The minimum absolute atomic E-state index is 0.0443. The first-order valence-corrected chi connectivity index (χ1v) is 10.6. The van der Waals surface area contributed by atoms with Gasteiger partial charge in [0.2, 0.25) is 0 Å². The molecular formula is C21H30N4O3. The van der Waals surface area contributed by atoms with Gasteiger partial charge in [-0.3, -0.25) is 14.9 Å². The Balaban J connectivity index is 1.64. The summed E-state index contributed by atoms with van der Waals surface area (Å²) in [6.45, 7) is 3.19. The normalized spacial score (nSPS) is 29.0. The van der Waals surface area contributed by atoms with Gasteiger partial charge < -0.3 is 15.5 Å². The number of nitrogens with one attached hydrogen (secondary N) is 2. The predicted molar refractivity (Wildman–Crippen MR) is 110 cm³/mol. The Morgan fingerprint density at radius 3 is 2.57 bits per heavy atom. The largest absolute Gasteiger partial charge is 0.383 e. The molecule has 2 saturated carbocycles. The monoisotopic (exact) mass is 386 g/mol. The third-order valence-electron chi connectivity index (χ3n) is 6.94. The van der Waals surface area contributed by atoms with E-state index in [9.17, 15) is 14.9 Å². The first-order chi connectivity index (χ1) is 13.5. The number of nitro groups is 1. The lowest BCUT2D eigenvalue weighted by Crippen LogP contribution is -2.54. The van der Waals surface area contributed by atoms with Crippen molar-refractivity contribution >= 4 is 23.0 Å². The highest BCUT2D eigenvalue weighted by atomic mass is 16.6. The molecule has 3 fully saturated rings. The summed E-state index contributed by atoms with van der Waals surface area (Å²) >= 11 is 0. The summed E-state index contributed by atoms with van der Waals surface area (Å²) in [5, 5.41) is 17.6. The van der Waals surface area contributed by atoms with E-state index < -0.39 is 4.92 Å². The molecule has 1 saturated heterocycles. The van der Waals surface area contributed by atoms with Crippen LogP contribution in [0.2, 0.25) is 0 Å². The molecule has 0 radical (unpaired) electrons. The number of nitro benzene ring substituents is 1. The van der Waals surface area contributed by atoms with E-state index in [-0.39, 0.29) is 17.6 Å². The van der Waals surface area contributed by atoms with Crippen molar-refractivity contribution in [2.24, 2.45) is 11.8 Å². The molecule has 0 spiro atoms. The van der Waals surface area contributed by atoms with Gasteiger partial charge in [0.15, 0.2) is 0 Å². The molecule has 2 unspecified atom stereocenters. The van der Waals surface area contributed by atoms with Crippen molar-refractivity contribution in [3.63, 3.8) is 0 Å². The van der Waals surface area contributed by atoms with Gasteiger partial charge in [-0.1, -0.05) is 13.3 Å². The molecule has 0 aromatic heterocycles. The molecule has 1 amide bonds. The minimum atomic E-state index is -0.414. The maximum atomic E-state index is 13.1. The average Bonchev–Trinajstić information content (AvgIpc) is 3.03. The highest BCUT2D eigenvalue weighted by Gasteiger charge is 2.43. The fourth-order valence-corrected chi connectivity index (χ4v) is 5.18. The summed E-state index contributed by atoms with van der Waals surface area (Å²) < 4.78 is 0. The van der Waals surface area contributed by atoms with E-state index in [0.29, 0.717) is 29.1 Å². The van der Waals surface area contributed by atoms with Crippen LogP contribution >= 0.6 is 0 Å². The summed E-state index contributed by atoms with van der Waals surface area (Å²) in [4.78, 5) is 26.6. The van der Waals surface area contributed by atoms with Gasteiger partial charge >= 0.3 is 0 Å². The van der Waals surface area contributed by atoms with Gasteiger partial charge in [-0.15, -0.1) is 0 Å². The van der Waals surface area contributed by atoms with Crippen LogP contribution in [0.25, 0.3) is 0 Å². The van der Waals surface area contributed by atoms with Crippen molar-refractivity contribution in [2.75, 3.05) is 23.8 Å². The van der Waals surface area contributed by atoms with Crippen LogP contribution in [0.15, 0.2) is 12.1 Å². The summed E-state index contributed by atoms with van der Waals surface area (Å²) in [6.07, 6.45) is 7.80. The van der Waals surface area contributed by atoms with Crippen molar-refractivity contribution in [1.29, 1.82) is 0 Å². The van der Waals surface area contributed by atoms with Crippen molar-refractivity contribution in [3.8, 4) is 0 Å². The second-order valence-electron chi connectivity index (χ2n) is 8.73. The van der Waals surface area contributed by atoms with Crippen LogP contribution in [0.5, 0.6) is 0 Å². The van der Waals surface area contributed by atoms with E-state index in [2.05, 4.69) is 22.5 Å². The molecule has 2 atom stereocenters. The lowest BCUT2D eigenvalue weighted by atomic mass is 9.87. The highest BCUT2D eigenvalue weighted by molar-refractivity contribution is 6.02. The fraction of sp³-hybridized carbons (Fsp3) is 0.667. The molecular weight excluding hydrogens is 356 g/mol. The standard InChI is InChI=1S/C21H30N4O3/c1-13-6-8-15(9-7-13)23-21(26)16-10-20(25(27)28)17(22-2)11-19(16)24-12-14-4-3-5-18(14)24/h10-11,13-15,18,22H,3-9,12H2,1-2H3,(H,23,26)/t13-,14?,15-,18?. The van der Waals surface area contributed by atoms with Gasteiger partial charge in [-0.2, -0.15) is 0 Å². The summed E-state index contributed by atoms with van der Waals surface area (Å²) in [5.74, 6) is 1.23. The SMILES string of the molecule is CNc1cc(N2CC3CCCC32)c(C(=O)N[C@H]2CC[C@H](C)CC2)cc1[N+](=O)[O-]. The molecule has 1 aliphatic heterocycles. The average molecular weight is 386 g/mol. The van der Waals surface area contributed by atoms with Crippen LogP contribution in [-0.4, -0.2) is 36.5 Å². The number of carbonyl (C=O) groups excluding carboxylic acids is 1. The van der Waals surface area contributed by atoms with Crippen molar-refractivity contribution in [2.45, 2.75) is 64.0 Å². The molecule has 28 heavy (non-hydrogen) atoms. The summed E-state index contributed by atoms with van der Waals surface area (Å²) in [7, 11) is 1.68. The number of anilines is 2. The van der Waals surface area contributed by atoms with Gasteiger partial charge in [0, 0.05) is 31.7 Å². The third-order valence-corrected chi connectivity index (χ3v) is 6.94. The first-order valence-electron chi connectivity index (χ1n) is 10.6. The maximum absolute atomic E-state index is 13.1. The second-order valence-corrected chi connectivity index (χ2v) is 8.73. The Labute approximate surface area is 166 Å². The van der Waals surface area contributed by atoms with E-state index in [4.69, 9.17) is 0 Å². The van der Waals surface area contributed by atoms with Gasteiger partial charge in [0.1, 0.15) is 5.69 Å². The molecule has 1 aromatic carbocycles.